The number of hydrogen-bond acceptors (Lipinski definition) is 4. The highest BCUT2D eigenvalue weighted by Crippen LogP contribution is 2.62. The summed E-state index contributed by atoms with van der Waals surface area (Å²) in [5.74, 6) is 0.0823. The van der Waals surface area contributed by atoms with Crippen LogP contribution >= 0.6 is 11.6 Å². The van der Waals surface area contributed by atoms with E-state index in [-0.39, 0.29) is 24.0 Å². The van der Waals surface area contributed by atoms with Crippen LogP contribution in [0.5, 0.6) is 0 Å². The van der Waals surface area contributed by atoms with Crippen LogP contribution in [-0.2, 0) is 19.1 Å². The molecule has 4 bridgehead atoms. The first kappa shape index (κ1) is 21.2. The Labute approximate surface area is 182 Å². The molecule has 4 fully saturated rings. The second-order valence-electron chi connectivity index (χ2n) is 9.77. The van der Waals surface area contributed by atoms with E-state index in [1.165, 1.54) is 6.92 Å². The van der Waals surface area contributed by atoms with Crippen LogP contribution in [0, 0.1) is 31.1 Å². The summed E-state index contributed by atoms with van der Waals surface area (Å²) >= 11 is 6.25. The number of carbonyl (C=O) groups excluding carboxylic acids is 3. The van der Waals surface area contributed by atoms with Gasteiger partial charge in [-0.3, -0.25) is 14.4 Å². The number of esters is 1. The summed E-state index contributed by atoms with van der Waals surface area (Å²) in [6.45, 7) is 5.00. The third-order valence-corrected chi connectivity index (χ3v) is 7.26. The molecule has 4 saturated carbocycles. The number of amides is 2. The van der Waals surface area contributed by atoms with Crippen LogP contribution in [-0.4, -0.2) is 29.9 Å². The van der Waals surface area contributed by atoms with E-state index in [0.29, 0.717) is 29.0 Å². The van der Waals surface area contributed by atoms with E-state index in [1.54, 1.807) is 6.07 Å². The normalized spacial score (nSPS) is 31.3. The number of hydrogen-bond donors (Lipinski definition) is 2. The second-order valence-corrected chi connectivity index (χ2v) is 10.2. The molecule has 7 heteroatoms. The van der Waals surface area contributed by atoms with E-state index in [4.69, 9.17) is 16.3 Å². The fourth-order valence-corrected chi connectivity index (χ4v) is 6.92. The van der Waals surface area contributed by atoms with E-state index in [2.05, 4.69) is 10.6 Å². The minimum atomic E-state index is -0.593. The van der Waals surface area contributed by atoms with Crippen LogP contribution in [0.15, 0.2) is 12.1 Å². The molecule has 6 nitrogen and oxygen atoms in total. The fourth-order valence-electron chi connectivity index (χ4n) is 6.55. The van der Waals surface area contributed by atoms with Crippen molar-refractivity contribution in [3.63, 3.8) is 0 Å². The topological polar surface area (TPSA) is 84.5 Å². The Kier molecular flexibility index (Phi) is 5.33. The van der Waals surface area contributed by atoms with Gasteiger partial charge in [0, 0.05) is 12.5 Å². The molecule has 2 N–H and O–H groups in total. The Balaban J connectivity index is 1.42. The SMILES string of the molecule is CC(=O)NC12C[C@@H]3C[C@@H](C1)CC(C(=O)OCC(=O)Nc1c(C)cc(C)cc1Cl)(C3)C2. The molecular formula is C23H29ClN2O4. The lowest BCUT2D eigenvalue weighted by molar-refractivity contribution is -0.176. The minimum Gasteiger partial charge on any atom is -0.455 e. The maximum absolute atomic E-state index is 13.1. The van der Waals surface area contributed by atoms with Gasteiger partial charge >= 0.3 is 5.97 Å². The molecule has 0 unspecified atom stereocenters. The van der Waals surface area contributed by atoms with Crippen molar-refractivity contribution in [3.05, 3.63) is 28.3 Å². The van der Waals surface area contributed by atoms with Crippen LogP contribution in [0.4, 0.5) is 5.69 Å². The Morgan fingerprint density at radius 2 is 1.80 bits per heavy atom. The van der Waals surface area contributed by atoms with Gasteiger partial charge < -0.3 is 15.4 Å². The standard InChI is InChI=1S/C23H29ClN2O4/c1-13-4-14(2)20(18(24)5-13)25-19(28)11-30-21(29)22-7-16-6-17(8-22)10-23(9-16,12-22)26-15(3)27/h4-5,16-17H,6-12H2,1-3H3,(H,25,28)(H,26,27)/t16-,17-,22?,23?/m1/s1. The molecule has 0 aromatic heterocycles. The van der Waals surface area contributed by atoms with Crippen LogP contribution in [0.2, 0.25) is 5.02 Å². The van der Waals surface area contributed by atoms with Gasteiger partial charge in [-0.05, 0) is 81.4 Å². The lowest BCUT2D eigenvalue weighted by atomic mass is 9.47. The Hall–Kier alpha value is -2.08. The number of carbonyl (C=O) groups is 3. The van der Waals surface area contributed by atoms with Crippen LogP contribution in [0.3, 0.4) is 0 Å². The number of halogens is 1. The van der Waals surface area contributed by atoms with Gasteiger partial charge in [-0.2, -0.15) is 0 Å². The molecule has 2 amide bonds. The van der Waals surface area contributed by atoms with E-state index < -0.39 is 11.3 Å². The molecule has 1 aromatic rings. The van der Waals surface area contributed by atoms with Gasteiger partial charge in [-0.25, -0.2) is 0 Å². The predicted octanol–water partition coefficient (Wildman–Crippen LogP) is 3.91. The van der Waals surface area contributed by atoms with Crippen molar-refractivity contribution in [2.45, 2.75) is 64.8 Å². The monoisotopic (exact) mass is 432 g/mol. The van der Waals surface area contributed by atoms with Crippen molar-refractivity contribution >= 4 is 35.1 Å². The molecule has 5 rings (SSSR count). The summed E-state index contributed by atoms with van der Waals surface area (Å²) in [5.41, 5.74) is 1.52. The summed E-state index contributed by atoms with van der Waals surface area (Å²) in [6.07, 6.45) is 5.16. The van der Waals surface area contributed by atoms with Gasteiger partial charge in [-0.15, -0.1) is 0 Å². The summed E-state index contributed by atoms with van der Waals surface area (Å²) < 4.78 is 5.51. The second kappa shape index (κ2) is 7.56. The molecule has 0 aliphatic heterocycles. The van der Waals surface area contributed by atoms with Crippen molar-refractivity contribution < 1.29 is 19.1 Å². The zero-order valence-corrected chi connectivity index (χ0v) is 18.5. The van der Waals surface area contributed by atoms with Gasteiger partial charge in [0.1, 0.15) is 0 Å². The van der Waals surface area contributed by atoms with Gasteiger partial charge in [0.15, 0.2) is 6.61 Å². The van der Waals surface area contributed by atoms with Crippen molar-refractivity contribution in [2.24, 2.45) is 17.3 Å². The van der Waals surface area contributed by atoms with Gasteiger partial charge in [-0.1, -0.05) is 17.7 Å². The average Bonchev–Trinajstić information content (AvgIpc) is 2.60. The first-order valence-electron chi connectivity index (χ1n) is 10.6. The van der Waals surface area contributed by atoms with Crippen molar-refractivity contribution in [1.82, 2.24) is 5.32 Å². The fraction of sp³-hybridized carbons (Fsp3) is 0.609. The highest BCUT2D eigenvalue weighted by Gasteiger charge is 2.61. The number of rotatable bonds is 5. The smallest absolute Gasteiger partial charge is 0.312 e. The molecule has 0 radical (unpaired) electrons. The van der Waals surface area contributed by atoms with E-state index >= 15 is 0 Å². The lowest BCUT2D eigenvalue weighted by Gasteiger charge is -2.60. The zero-order valence-electron chi connectivity index (χ0n) is 17.8. The van der Waals surface area contributed by atoms with E-state index in [9.17, 15) is 14.4 Å². The van der Waals surface area contributed by atoms with Crippen molar-refractivity contribution in [2.75, 3.05) is 11.9 Å². The van der Waals surface area contributed by atoms with Crippen LogP contribution in [0.1, 0.15) is 56.6 Å². The molecule has 0 spiro atoms. The zero-order chi connectivity index (χ0) is 21.7. The van der Waals surface area contributed by atoms with Crippen molar-refractivity contribution in [3.8, 4) is 0 Å². The molecular weight excluding hydrogens is 404 g/mol. The third kappa shape index (κ3) is 3.94. The minimum absolute atomic E-state index is 0.0507. The quantitative estimate of drug-likeness (QED) is 0.691. The summed E-state index contributed by atoms with van der Waals surface area (Å²) in [4.78, 5) is 37.3. The molecule has 1 aromatic carbocycles. The Bertz CT molecular complexity index is 875. The number of anilines is 1. The molecule has 2 atom stereocenters. The third-order valence-electron chi connectivity index (χ3n) is 6.97. The van der Waals surface area contributed by atoms with Gasteiger partial charge in [0.25, 0.3) is 5.91 Å². The molecule has 0 heterocycles. The first-order chi connectivity index (χ1) is 14.1. The van der Waals surface area contributed by atoms with E-state index in [1.807, 2.05) is 19.9 Å². The number of benzene rings is 1. The van der Waals surface area contributed by atoms with Gasteiger partial charge in [0.2, 0.25) is 5.91 Å². The van der Waals surface area contributed by atoms with Crippen LogP contribution < -0.4 is 10.6 Å². The highest BCUT2D eigenvalue weighted by atomic mass is 35.5. The lowest BCUT2D eigenvalue weighted by Crippen LogP contribution is -2.64. The molecule has 30 heavy (non-hydrogen) atoms. The summed E-state index contributed by atoms with van der Waals surface area (Å²) in [7, 11) is 0. The maximum Gasteiger partial charge on any atom is 0.312 e. The number of nitrogens with one attached hydrogen (secondary N) is 2. The molecule has 0 saturated heterocycles. The Morgan fingerprint density at radius 3 is 2.40 bits per heavy atom. The van der Waals surface area contributed by atoms with Gasteiger partial charge in [0.05, 0.1) is 16.1 Å². The number of ether oxygens (including phenoxy) is 1. The Morgan fingerprint density at radius 1 is 1.13 bits per heavy atom. The first-order valence-corrected chi connectivity index (χ1v) is 11.0. The summed E-state index contributed by atoms with van der Waals surface area (Å²) in [5, 5.41) is 6.37. The largest absolute Gasteiger partial charge is 0.455 e. The van der Waals surface area contributed by atoms with Crippen LogP contribution in [0.25, 0.3) is 0 Å². The van der Waals surface area contributed by atoms with E-state index in [0.717, 1.165) is 43.2 Å². The molecule has 4 aliphatic carbocycles. The molecule has 162 valence electrons. The molecule has 4 aliphatic rings. The number of aryl methyl sites for hydroxylation is 2. The predicted molar refractivity (Wildman–Crippen MR) is 114 cm³/mol. The summed E-state index contributed by atoms with van der Waals surface area (Å²) in [6, 6.07) is 3.72. The maximum atomic E-state index is 13.1. The average molecular weight is 433 g/mol. The van der Waals surface area contributed by atoms with Crippen molar-refractivity contribution in [1.29, 1.82) is 0 Å². The highest BCUT2D eigenvalue weighted by molar-refractivity contribution is 6.34.